The molecule has 0 saturated carbocycles. The van der Waals surface area contributed by atoms with Crippen molar-refractivity contribution >= 4 is 29.0 Å². The number of anilines is 1. The summed E-state index contributed by atoms with van der Waals surface area (Å²) >= 11 is 5.91. The van der Waals surface area contributed by atoms with E-state index in [0.29, 0.717) is 35.9 Å². The summed E-state index contributed by atoms with van der Waals surface area (Å²) in [5.74, 6) is 1.30. The van der Waals surface area contributed by atoms with E-state index in [-0.39, 0.29) is 5.91 Å². The maximum atomic E-state index is 12.1. The number of hydrogen-bond acceptors (Lipinski definition) is 4. The molecular formula is C17H17ClN4O2. The Bertz CT molecular complexity index is 863. The van der Waals surface area contributed by atoms with Crippen LogP contribution in [0, 0.1) is 6.92 Å². The first-order valence-corrected chi connectivity index (χ1v) is 7.99. The molecule has 0 unspecified atom stereocenters. The van der Waals surface area contributed by atoms with Gasteiger partial charge in [0.05, 0.1) is 12.8 Å². The van der Waals surface area contributed by atoms with Gasteiger partial charge in [-0.15, -0.1) is 0 Å². The highest BCUT2D eigenvalue weighted by Gasteiger charge is 2.07. The van der Waals surface area contributed by atoms with Crippen molar-refractivity contribution in [2.75, 3.05) is 11.9 Å². The molecule has 124 valence electrons. The zero-order chi connectivity index (χ0) is 16.9. The van der Waals surface area contributed by atoms with E-state index in [0.717, 1.165) is 11.3 Å². The minimum atomic E-state index is -0.0885. The fraction of sp³-hybridized carbons (Fsp3) is 0.235. The van der Waals surface area contributed by atoms with Gasteiger partial charge in [0.25, 0.3) is 0 Å². The second-order valence-corrected chi connectivity index (χ2v) is 5.78. The molecule has 0 spiro atoms. The Hall–Kier alpha value is -2.60. The number of aryl methyl sites for hydroxylation is 1. The van der Waals surface area contributed by atoms with Gasteiger partial charge >= 0.3 is 0 Å². The van der Waals surface area contributed by atoms with Crippen LogP contribution in [0.15, 0.2) is 42.7 Å². The maximum absolute atomic E-state index is 12.1. The smallest absolute Gasteiger partial charge is 0.225 e. The number of carbonyl (C=O) groups is 1. The standard InChI is InChI=1S/C17H17ClN4O2/c1-12-11-13(18)4-5-14(12)24-10-2-3-17(23)21-16-6-8-19-15-7-9-20-22(15)16/h4-9,11H,2-3,10H2,1H3,(H,21,23). The fourth-order valence-corrected chi connectivity index (χ4v) is 2.55. The summed E-state index contributed by atoms with van der Waals surface area (Å²) in [7, 11) is 0. The third kappa shape index (κ3) is 3.83. The first kappa shape index (κ1) is 16.3. The number of fused-ring (bicyclic) bond motifs is 1. The van der Waals surface area contributed by atoms with Crippen LogP contribution in [0.3, 0.4) is 0 Å². The largest absolute Gasteiger partial charge is 0.493 e. The number of halogens is 1. The van der Waals surface area contributed by atoms with Crippen LogP contribution >= 0.6 is 11.6 Å². The van der Waals surface area contributed by atoms with Gasteiger partial charge in [0.2, 0.25) is 5.91 Å². The Balaban J connectivity index is 1.48. The molecule has 24 heavy (non-hydrogen) atoms. The molecule has 2 aromatic heterocycles. The topological polar surface area (TPSA) is 68.5 Å². The Labute approximate surface area is 144 Å². The summed E-state index contributed by atoms with van der Waals surface area (Å²) in [5, 5.41) is 7.65. The highest BCUT2D eigenvalue weighted by atomic mass is 35.5. The highest BCUT2D eigenvalue weighted by molar-refractivity contribution is 6.30. The summed E-state index contributed by atoms with van der Waals surface area (Å²) in [6.45, 7) is 2.40. The van der Waals surface area contributed by atoms with Crippen molar-refractivity contribution in [3.8, 4) is 5.75 Å². The SMILES string of the molecule is Cc1cc(Cl)ccc1OCCCC(=O)Nc1ccnc2ccnn12. The van der Waals surface area contributed by atoms with Gasteiger partial charge in [0.15, 0.2) is 5.65 Å². The van der Waals surface area contributed by atoms with Crippen molar-refractivity contribution < 1.29 is 9.53 Å². The van der Waals surface area contributed by atoms with E-state index >= 15 is 0 Å². The lowest BCUT2D eigenvalue weighted by molar-refractivity contribution is -0.116. The van der Waals surface area contributed by atoms with Crippen LogP contribution in [-0.2, 0) is 4.79 Å². The minimum Gasteiger partial charge on any atom is -0.493 e. The molecule has 0 radical (unpaired) electrons. The third-order valence-electron chi connectivity index (χ3n) is 3.50. The summed E-state index contributed by atoms with van der Waals surface area (Å²) in [5.41, 5.74) is 1.67. The first-order valence-electron chi connectivity index (χ1n) is 7.61. The number of hydrogen-bond donors (Lipinski definition) is 1. The van der Waals surface area contributed by atoms with Crippen LogP contribution in [0.5, 0.6) is 5.75 Å². The van der Waals surface area contributed by atoms with Gasteiger partial charge in [-0.2, -0.15) is 9.61 Å². The van der Waals surface area contributed by atoms with Gasteiger partial charge in [-0.3, -0.25) is 4.79 Å². The molecule has 7 heteroatoms. The number of nitrogens with one attached hydrogen (secondary N) is 1. The molecule has 0 aliphatic heterocycles. The quantitative estimate of drug-likeness (QED) is 0.695. The average Bonchev–Trinajstić information content (AvgIpc) is 3.03. The van der Waals surface area contributed by atoms with E-state index in [2.05, 4.69) is 15.4 Å². The van der Waals surface area contributed by atoms with Crippen LogP contribution in [0.4, 0.5) is 5.82 Å². The molecule has 2 heterocycles. The summed E-state index contributed by atoms with van der Waals surface area (Å²) in [4.78, 5) is 16.2. The molecule has 6 nitrogen and oxygen atoms in total. The van der Waals surface area contributed by atoms with Gasteiger partial charge < -0.3 is 10.1 Å². The van der Waals surface area contributed by atoms with E-state index in [1.54, 1.807) is 35.1 Å². The molecule has 0 bridgehead atoms. The molecule has 3 rings (SSSR count). The Kier molecular flexibility index (Phi) is 4.96. The Morgan fingerprint density at radius 1 is 1.29 bits per heavy atom. The number of rotatable bonds is 6. The number of aromatic nitrogens is 3. The number of benzene rings is 1. The third-order valence-corrected chi connectivity index (χ3v) is 3.74. The second-order valence-electron chi connectivity index (χ2n) is 5.34. The number of carbonyl (C=O) groups excluding carboxylic acids is 1. The van der Waals surface area contributed by atoms with Crippen LogP contribution in [-0.4, -0.2) is 27.1 Å². The molecule has 1 aromatic carbocycles. The van der Waals surface area contributed by atoms with E-state index in [1.165, 1.54) is 0 Å². The number of amides is 1. The molecule has 1 N–H and O–H groups in total. The van der Waals surface area contributed by atoms with Crippen LogP contribution < -0.4 is 10.1 Å². The number of ether oxygens (including phenoxy) is 1. The van der Waals surface area contributed by atoms with Gasteiger partial charge in [-0.05, 0) is 43.2 Å². The molecule has 0 atom stereocenters. The fourth-order valence-electron chi connectivity index (χ4n) is 2.32. The molecule has 3 aromatic rings. The van der Waals surface area contributed by atoms with Crippen LogP contribution in [0.2, 0.25) is 5.02 Å². The van der Waals surface area contributed by atoms with Gasteiger partial charge in [0, 0.05) is 23.7 Å². The van der Waals surface area contributed by atoms with Crippen molar-refractivity contribution in [2.45, 2.75) is 19.8 Å². The molecule has 0 aliphatic carbocycles. The second kappa shape index (κ2) is 7.31. The Morgan fingerprint density at radius 3 is 3.00 bits per heavy atom. The van der Waals surface area contributed by atoms with E-state index < -0.39 is 0 Å². The van der Waals surface area contributed by atoms with Crippen LogP contribution in [0.1, 0.15) is 18.4 Å². The first-order chi connectivity index (χ1) is 11.6. The zero-order valence-electron chi connectivity index (χ0n) is 13.2. The van der Waals surface area contributed by atoms with Gasteiger partial charge in [-0.25, -0.2) is 4.98 Å². The van der Waals surface area contributed by atoms with Crippen LogP contribution in [0.25, 0.3) is 5.65 Å². The predicted octanol–water partition coefficient (Wildman–Crippen LogP) is 3.49. The van der Waals surface area contributed by atoms with Crippen molar-refractivity contribution in [3.63, 3.8) is 0 Å². The van der Waals surface area contributed by atoms with E-state index in [1.807, 2.05) is 19.1 Å². The zero-order valence-corrected chi connectivity index (χ0v) is 14.0. The Morgan fingerprint density at radius 2 is 2.17 bits per heavy atom. The lowest BCUT2D eigenvalue weighted by Gasteiger charge is -2.10. The summed E-state index contributed by atoms with van der Waals surface area (Å²) < 4.78 is 7.27. The van der Waals surface area contributed by atoms with Gasteiger partial charge in [-0.1, -0.05) is 11.6 Å². The lowest BCUT2D eigenvalue weighted by Crippen LogP contribution is -2.15. The maximum Gasteiger partial charge on any atom is 0.225 e. The van der Waals surface area contributed by atoms with Crippen molar-refractivity contribution in [3.05, 3.63) is 53.3 Å². The average molecular weight is 345 g/mol. The summed E-state index contributed by atoms with van der Waals surface area (Å²) in [6, 6.07) is 8.96. The minimum absolute atomic E-state index is 0.0885. The van der Waals surface area contributed by atoms with E-state index in [4.69, 9.17) is 16.3 Å². The number of nitrogens with zero attached hydrogens (tertiary/aromatic N) is 3. The summed E-state index contributed by atoms with van der Waals surface area (Å²) in [6.07, 6.45) is 4.25. The molecule has 0 saturated heterocycles. The highest BCUT2D eigenvalue weighted by Crippen LogP contribution is 2.22. The molecule has 0 fully saturated rings. The monoisotopic (exact) mass is 344 g/mol. The van der Waals surface area contributed by atoms with Crippen molar-refractivity contribution in [2.24, 2.45) is 0 Å². The normalized spacial score (nSPS) is 10.8. The molecule has 1 amide bonds. The lowest BCUT2D eigenvalue weighted by atomic mass is 10.2. The van der Waals surface area contributed by atoms with Crippen molar-refractivity contribution in [1.29, 1.82) is 0 Å². The predicted molar refractivity (Wildman–Crippen MR) is 92.5 cm³/mol. The van der Waals surface area contributed by atoms with Gasteiger partial charge in [0.1, 0.15) is 11.6 Å². The molecule has 0 aliphatic rings. The van der Waals surface area contributed by atoms with Crippen molar-refractivity contribution in [1.82, 2.24) is 14.6 Å². The molecular weight excluding hydrogens is 328 g/mol. The van der Waals surface area contributed by atoms with E-state index in [9.17, 15) is 4.79 Å².